The van der Waals surface area contributed by atoms with E-state index in [-0.39, 0.29) is 42.2 Å². The Morgan fingerprint density at radius 3 is 2.70 bits per heavy atom. The molecule has 200 valence electrons. The molecule has 3 heterocycles. The summed E-state index contributed by atoms with van der Waals surface area (Å²) in [6.45, 7) is 0.649. The summed E-state index contributed by atoms with van der Waals surface area (Å²) in [7, 11) is 0. The minimum absolute atomic E-state index is 0.0225. The van der Waals surface area contributed by atoms with E-state index in [1.807, 2.05) is 18.2 Å². The molecule has 1 aliphatic rings. The number of nitrogens with one attached hydrogen (secondary N) is 2. The van der Waals surface area contributed by atoms with Crippen LogP contribution >= 0.6 is 23.2 Å². The quantitative estimate of drug-likeness (QED) is 0.163. The highest BCUT2D eigenvalue weighted by Gasteiger charge is 2.25. The van der Waals surface area contributed by atoms with Crippen molar-refractivity contribution in [2.24, 2.45) is 4.99 Å². The number of aliphatic imine (C=N–C) groups is 1. The number of hydrogen-bond acceptors (Lipinski definition) is 10. The molecule has 0 saturated carbocycles. The first-order valence-electron chi connectivity index (χ1n) is 11.9. The Morgan fingerprint density at radius 1 is 1.05 bits per heavy atom. The van der Waals surface area contributed by atoms with Crippen molar-refractivity contribution in [1.29, 1.82) is 0 Å². The van der Waals surface area contributed by atoms with Crippen LogP contribution in [-0.2, 0) is 6.54 Å². The van der Waals surface area contributed by atoms with Crippen LogP contribution < -0.4 is 10.6 Å². The Kier molecular flexibility index (Phi) is 6.58. The number of carbonyl (C=O) groups excluding carboxylic acids is 1. The maximum atomic E-state index is 12.9. The van der Waals surface area contributed by atoms with E-state index in [1.165, 1.54) is 12.1 Å². The zero-order chi connectivity index (χ0) is 27.8. The van der Waals surface area contributed by atoms with Crippen LogP contribution in [0.4, 0.5) is 11.4 Å². The molecule has 0 spiro atoms. The van der Waals surface area contributed by atoms with Crippen LogP contribution in [0, 0.1) is 10.1 Å². The first-order valence-corrected chi connectivity index (χ1v) is 12.6. The minimum atomic E-state index is -0.564. The van der Waals surface area contributed by atoms with Crippen molar-refractivity contribution in [3.05, 3.63) is 97.5 Å². The van der Waals surface area contributed by atoms with Gasteiger partial charge in [0.15, 0.2) is 11.3 Å². The second-order valence-corrected chi connectivity index (χ2v) is 9.45. The van der Waals surface area contributed by atoms with Crippen molar-refractivity contribution < 1.29 is 14.3 Å². The molecular weight excluding hydrogens is 561 g/mol. The van der Waals surface area contributed by atoms with Gasteiger partial charge in [-0.1, -0.05) is 41.4 Å². The molecule has 0 radical (unpaired) electrons. The van der Waals surface area contributed by atoms with Gasteiger partial charge in [-0.3, -0.25) is 19.9 Å². The second kappa shape index (κ2) is 10.4. The van der Waals surface area contributed by atoms with E-state index in [1.54, 1.807) is 28.9 Å². The van der Waals surface area contributed by atoms with Gasteiger partial charge in [-0.05, 0) is 40.6 Å². The lowest BCUT2D eigenvalue weighted by molar-refractivity contribution is -0.383. The Bertz CT molecular complexity index is 1830. The highest BCUT2D eigenvalue weighted by molar-refractivity contribution is 6.36. The highest BCUT2D eigenvalue weighted by Crippen LogP contribution is 2.30. The van der Waals surface area contributed by atoms with Crippen LogP contribution in [0.5, 0.6) is 0 Å². The summed E-state index contributed by atoms with van der Waals surface area (Å²) < 4.78 is 6.24. The van der Waals surface area contributed by atoms with E-state index in [0.717, 1.165) is 5.56 Å². The molecule has 0 unspecified atom stereocenters. The fourth-order valence-corrected chi connectivity index (χ4v) is 4.73. The monoisotopic (exact) mass is 577 g/mol. The Labute approximate surface area is 234 Å². The number of nitro benzene ring substituents is 1. The summed E-state index contributed by atoms with van der Waals surface area (Å²) in [5.41, 5.74) is 3.27. The first kappa shape index (κ1) is 25.4. The number of halogens is 2. The van der Waals surface area contributed by atoms with Gasteiger partial charge in [0, 0.05) is 40.3 Å². The lowest BCUT2D eigenvalue weighted by Gasteiger charge is -2.12. The molecule has 1 amide bonds. The smallest absolute Gasteiger partial charge is 0.300 e. The average Bonchev–Trinajstić information content (AvgIpc) is 3.57. The molecule has 0 aliphatic carbocycles. The molecule has 5 aromatic rings. The summed E-state index contributed by atoms with van der Waals surface area (Å²) in [6.07, 6.45) is 0. The first-order chi connectivity index (χ1) is 19.4. The number of nitro groups is 1. The maximum Gasteiger partial charge on any atom is 0.300 e. The average molecular weight is 578 g/mol. The molecule has 2 aromatic heterocycles. The van der Waals surface area contributed by atoms with E-state index in [4.69, 9.17) is 28.2 Å². The number of fused-ring (bicyclic) bond motifs is 4. The molecule has 13 nitrogen and oxygen atoms in total. The molecule has 0 atom stereocenters. The van der Waals surface area contributed by atoms with Crippen LogP contribution in [0.2, 0.25) is 10.0 Å². The van der Waals surface area contributed by atoms with Gasteiger partial charge in [-0.2, -0.15) is 0 Å². The summed E-state index contributed by atoms with van der Waals surface area (Å²) in [4.78, 5) is 32.7. The van der Waals surface area contributed by atoms with Crippen molar-refractivity contribution in [2.75, 3.05) is 18.4 Å². The van der Waals surface area contributed by atoms with Gasteiger partial charge in [-0.25, -0.2) is 14.3 Å². The fourth-order valence-electron chi connectivity index (χ4n) is 4.33. The number of aromatic nitrogens is 5. The van der Waals surface area contributed by atoms with E-state index in [9.17, 15) is 14.9 Å². The van der Waals surface area contributed by atoms with Gasteiger partial charge < -0.3 is 10.6 Å². The summed E-state index contributed by atoms with van der Waals surface area (Å²) in [5, 5.41) is 29.8. The second-order valence-electron chi connectivity index (χ2n) is 8.60. The van der Waals surface area contributed by atoms with Crippen LogP contribution in [-0.4, -0.2) is 54.7 Å². The van der Waals surface area contributed by atoms with Crippen molar-refractivity contribution in [3.8, 4) is 5.69 Å². The van der Waals surface area contributed by atoms with E-state index in [2.05, 4.69) is 35.7 Å². The van der Waals surface area contributed by atoms with Gasteiger partial charge in [0.1, 0.15) is 0 Å². The number of anilines is 1. The van der Waals surface area contributed by atoms with Gasteiger partial charge in [0.2, 0.25) is 11.3 Å². The summed E-state index contributed by atoms with van der Waals surface area (Å²) in [5.74, 6) is -0.0310. The van der Waals surface area contributed by atoms with Crippen LogP contribution in [0.3, 0.4) is 0 Å². The topological polar surface area (TPSA) is 166 Å². The molecule has 0 saturated heterocycles. The molecular formula is C25H17Cl2N9O4. The Balaban J connectivity index is 1.19. The van der Waals surface area contributed by atoms with E-state index in [0.29, 0.717) is 38.5 Å². The van der Waals surface area contributed by atoms with Crippen molar-refractivity contribution in [3.63, 3.8) is 0 Å². The number of hydrogen-bond donors (Lipinski definition) is 2. The van der Waals surface area contributed by atoms with Crippen LogP contribution in [0.25, 0.3) is 16.7 Å². The molecule has 1 aliphatic heterocycles. The zero-order valence-electron chi connectivity index (χ0n) is 20.3. The van der Waals surface area contributed by atoms with Crippen molar-refractivity contribution in [2.45, 2.75) is 6.54 Å². The van der Waals surface area contributed by atoms with Crippen molar-refractivity contribution >= 4 is 57.2 Å². The van der Waals surface area contributed by atoms with Crippen LogP contribution in [0.15, 0.2) is 64.2 Å². The van der Waals surface area contributed by atoms with Gasteiger partial charge in [-0.15, -0.1) is 5.10 Å². The molecule has 2 N–H and O–H groups in total. The third-order valence-corrected chi connectivity index (χ3v) is 6.71. The summed E-state index contributed by atoms with van der Waals surface area (Å²) in [6, 6.07) is 15.5. The lowest BCUT2D eigenvalue weighted by Crippen LogP contribution is -2.29. The largest absolute Gasteiger partial charge is 0.381 e. The molecule has 0 bridgehead atoms. The van der Waals surface area contributed by atoms with E-state index >= 15 is 0 Å². The van der Waals surface area contributed by atoms with Gasteiger partial charge in [0.25, 0.3) is 5.91 Å². The van der Waals surface area contributed by atoms with Crippen LogP contribution in [0.1, 0.15) is 27.6 Å². The Hall–Kier alpha value is -4.88. The molecule has 0 fully saturated rings. The maximum absolute atomic E-state index is 12.9. The van der Waals surface area contributed by atoms with E-state index < -0.39 is 10.8 Å². The SMILES string of the molecule is O=C(NCCNc1ccc([N+](=O)[O-])c2nonc12)c1nc2n(n1)-c1ccc(Cl)cc1C(c1ccccc1Cl)=NC2. The summed E-state index contributed by atoms with van der Waals surface area (Å²) >= 11 is 12.8. The number of carbonyl (C=O) groups is 1. The predicted molar refractivity (Wildman–Crippen MR) is 146 cm³/mol. The molecule has 3 aromatic carbocycles. The Morgan fingerprint density at radius 2 is 1.88 bits per heavy atom. The lowest BCUT2D eigenvalue weighted by atomic mass is 10.0. The number of non-ortho nitro benzene ring substituents is 1. The minimum Gasteiger partial charge on any atom is -0.381 e. The standard InChI is InChI=1S/C25H17Cl2N9O4/c26-13-5-7-18-15(11-13)21(14-3-1-2-4-16(14)27)30-12-20-31-24(32-35(18)20)25(37)29-10-9-28-17-6-8-19(36(38)39)23-22(17)33-40-34-23/h1-8,11,28H,9-10,12H2,(H,29,37). The normalized spacial score (nSPS) is 12.3. The number of amides is 1. The zero-order valence-corrected chi connectivity index (χ0v) is 21.8. The van der Waals surface area contributed by atoms with Gasteiger partial charge in [0.05, 0.1) is 28.6 Å². The highest BCUT2D eigenvalue weighted by atomic mass is 35.5. The third-order valence-electron chi connectivity index (χ3n) is 6.14. The number of benzene rings is 3. The fraction of sp³-hybridized carbons (Fsp3) is 0.120. The number of nitrogens with zero attached hydrogens (tertiary/aromatic N) is 7. The predicted octanol–water partition coefficient (Wildman–Crippen LogP) is 4.21. The van der Waals surface area contributed by atoms with Gasteiger partial charge >= 0.3 is 5.69 Å². The van der Waals surface area contributed by atoms with Crippen molar-refractivity contribution in [1.82, 2.24) is 30.4 Å². The third kappa shape index (κ3) is 4.61. The molecule has 6 rings (SSSR count). The molecule has 15 heteroatoms. The number of rotatable bonds is 7. The molecule has 40 heavy (non-hydrogen) atoms.